The molecule has 9 heteroatoms. The van der Waals surface area contributed by atoms with Crippen LogP contribution >= 0.6 is 11.3 Å². The first-order valence-electron chi connectivity index (χ1n) is 10.7. The molecule has 3 aromatic rings. The number of hydrogen-bond donors (Lipinski definition) is 4. The zero-order valence-electron chi connectivity index (χ0n) is 18.4. The van der Waals surface area contributed by atoms with Crippen molar-refractivity contribution in [1.29, 1.82) is 0 Å². The molecule has 0 unspecified atom stereocenters. The quantitative estimate of drug-likeness (QED) is 0.406. The van der Waals surface area contributed by atoms with E-state index >= 15 is 0 Å². The highest BCUT2D eigenvalue weighted by Gasteiger charge is 2.24. The van der Waals surface area contributed by atoms with Gasteiger partial charge in [0, 0.05) is 35.0 Å². The van der Waals surface area contributed by atoms with Crippen molar-refractivity contribution in [3.05, 3.63) is 64.0 Å². The average molecular weight is 464 g/mol. The molecular formula is C24H25N5O3S. The van der Waals surface area contributed by atoms with Crippen LogP contribution in [0.4, 0.5) is 10.8 Å². The summed E-state index contributed by atoms with van der Waals surface area (Å²) in [4.78, 5) is 41.4. The third-order valence-corrected chi connectivity index (χ3v) is 6.25. The summed E-state index contributed by atoms with van der Waals surface area (Å²) in [5, 5.41) is 9.43. The molecular weight excluding hydrogens is 438 g/mol. The van der Waals surface area contributed by atoms with E-state index in [0.717, 1.165) is 35.4 Å². The van der Waals surface area contributed by atoms with Gasteiger partial charge in [-0.3, -0.25) is 14.4 Å². The van der Waals surface area contributed by atoms with Crippen LogP contribution in [0.15, 0.2) is 42.5 Å². The van der Waals surface area contributed by atoms with E-state index < -0.39 is 5.91 Å². The molecule has 1 aromatic heterocycles. The van der Waals surface area contributed by atoms with Crippen LogP contribution in [-0.2, 0) is 0 Å². The Bertz CT molecular complexity index is 1220. The van der Waals surface area contributed by atoms with Crippen molar-refractivity contribution in [3.8, 4) is 11.3 Å². The lowest BCUT2D eigenvalue weighted by atomic mass is 10.1. The fourth-order valence-electron chi connectivity index (χ4n) is 3.29. The van der Waals surface area contributed by atoms with Gasteiger partial charge in [0.2, 0.25) is 0 Å². The number of benzene rings is 2. The third-order valence-electron chi connectivity index (χ3n) is 5.26. The molecule has 1 fully saturated rings. The van der Waals surface area contributed by atoms with Crippen molar-refractivity contribution in [2.45, 2.75) is 32.7 Å². The molecule has 0 bridgehead atoms. The van der Waals surface area contributed by atoms with Gasteiger partial charge in [-0.2, -0.15) is 0 Å². The summed E-state index contributed by atoms with van der Waals surface area (Å²) in [6.07, 6.45) is 2.04. The molecule has 0 atom stereocenters. The molecule has 0 radical (unpaired) electrons. The SMILES string of the molecule is CCNC(=O)c1ccc(-c2nc(Nc3cc(C(=O)NC4CC4)ccc3C)sc2C(N)=O)cc1. The number of aromatic nitrogens is 1. The lowest BCUT2D eigenvalue weighted by Crippen LogP contribution is -2.25. The first-order chi connectivity index (χ1) is 15.9. The summed E-state index contributed by atoms with van der Waals surface area (Å²) < 4.78 is 0. The second kappa shape index (κ2) is 9.41. The van der Waals surface area contributed by atoms with Crippen molar-refractivity contribution in [1.82, 2.24) is 15.6 Å². The van der Waals surface area contributed by atoms with E-state index in [2.05, 4.69) is 20.9 Å². The van der Waals surface area contributed by atoms with Crippen LogP contribution < -0.4 is 21.7 Å². The summed E-state index contributed by atoms with van der Waals surface area (Å²) >= 11 is 1.14. The molecule has 170 valence electrons. The fraction of sp³-hybridized carbons (Fsp3) is 0.250. The minimum absolute atomic E-state index is 0.106. The van der Waals surface area contributed by atoms with E-state index in [9.17, 15) is 14.4 Å². The Labute approximate surface area is 195 Å². The standard InChI is InChI=1S/C24H25N5O3S/c1-3-26-22(31)15-8-6-14(7-9-15)19-20(21(25)30)33-24(29-19)28-18-12-16(5-4-13(18)2)23(32)27-17-10-11-17/h4-9,12,17H,3,10-11H2,1-2H3,(H2,25,30)(H,26,31)(H,27,32)(H,28,29). The topological polar surface area (TPSA) is 126 Å². The molecule has 0 spiro atoms. The number of amides is 3. The van der Waals surface area contributed by atoms with Crippen LogP contribution in [0.5, 0.6) is 0 Å². The monoisotopic (exact) mass is 463 g/mol. The van der Waals surface area contributed by atoms with Crippen LogP contribution in [0.3, 0.4) is 0 Å². The zero-order chi connectivity index (χ0) is 23.5. The first kappa shape index (κ1) is 22.5. The van der Waals surface area contributed by atoms with E-state index in [0.29, 0.717) is 38.9 Å². The molecule has 8 nitrogen and oxygen atoms in total. The van der Waals surface area contributed by atoms with Gasteiger partial charge in [0.25, 0.3) is 17.7 Å². The van der Waals surface area contributed by atoms with E-state index in [1.807, 2.05) is 19.9 Å². The predicted octanol–water partition coefficient (Wildman–Crippen LogP) is 3.60. The van der Waals surface area contributed by atoms with Gasteiger partial charge in [0.05, 0.1) is 5.69 Å². The second-order valence-corrected chi connectivity index (χ2v) is 8.90. The molecule has 1 aliphatic rings. The second-order valence-electron chi connectivity index (χ2n) is 7.90. The maximum atomic E-state index is 12.4. The highest BCUT2D eigenvalue weighted by molar-refractivity contribution is 7.18. The molecule has 1 aliphatic carbocycles. The van der Waals surface area contributed by atoms with Gasteiger partial charge in [-0.1, -0.05) is 29.5 Å². The Morgan fingerprint density at radius 2 is 1.76 bits per heavy atom. The maximum Gasteiger partial charge on any atom is 0.261 e. The number of hydrogen-bond acceptors (Lipinski definition) is 6. The van der Waals surface area contributed by atoms with Crippen molar-refractivity contribution in [2.24, 2.45) is 5.73 Å². The highest BCUT2D eigenvalue weighted by Crippen LogP contribution is 2.33. The number of nitrogens with one attached hydrogen (secondary N) is 3. The smallest absolute Gasteiger partial charge is 0.261 e. The van der Waals surface area contributed by atoms with Gasteiger partial charge >= 0.3 is 0 Å². The summed E-state index contributed by atoms with van der Waals surface area (Å²) in [5.74, 6) is -0.857. The summed E-state index contributed by atoms with van der Waals surface area (Å²) in [6.45, 7) is 4.32. The lowest BCUT2D eigenvalue weighted by Gasteiger charge is -2.10. The van der Waals surface area contributed by atoms with Crippen molar-refractivity contribution < 1.29 is 14.4 Å². The Hall–Kier alpha value is -3.72. The van der Waals surface area contributed by atoms with Gasteiger partial charge in [-0.25, -0.2) is 4.98 Å². The molecule has 33 heavy (non-hydrogen) atoms. The average Bonchev–Trinajstić information content (AvgIpc) is 3.51. The van der Waals surface area contributed by atoms with Crippen molar-refractivity contribution >= 4 is 39.9 Å². The minimum atomic E-state index is -0.586. The normalized spacial score (nSPS) is 12.8. The molecule has 5 N–H and O–H groups in total. The van der Waals surface area contributed by atoms with Gasteiger partial charge in [0.15, 0.2) is 5.13 Å². The molecule has 0 saturated heterocycles. The first-order valence-corrected chi connectivity index (χ1v) is 11.5. The summed E-state index contributed by atoms with van der Waals surface area (Å²) in [5.41, 5.74) is 9.46. The van der Waals surface area contributed by atoms with Crippen LogP contribution in [0.25, 0.3) is 11.3 Å². The number of primary amides is 1. The Morgan fingerprint density at radius 1 is 1.06 bits per heavy atom. The van der Waals surface area contributed by atoms with Crippen molar-refractivity contribution in [3.63, 3.8) is 0 Å². The Morgan fingerprint density at radius 3 is 2.39 bits per heavy atom. The van der Waals surface area contributed by atoms with Crippen LogP contribution in [0.2, 0.25) is 0 Å². The maximum absolute atomic E-state index is 12.4. The number of carbonyl (C=O) groups is 3. The van der Waals surface area contributed by atoms with Crippen LogP contribution in [0.1, 0.15) is 55.7 Å². The number of carbonyl (C=O) groups excluding carboxylic acids is 3. The highest BCUT2D eigenvalue weighted by atomic mass is 32.1. The molecule has 1 saturated carbocycles. The number of nitrogens with two attached hydrogens (primary N) is 1. The van der Waals surface area contributed by atoms with E-state index in [4.69, 9.17) is 5.73 Å². The number of thiazole rings is 1. The largest absolute Gasteiger partial charge is 0.365 e. The number of anilines is 2. The number of rotatable bonds is 8. The summed E-state index contributed by atoms with van der Waals surface area (Å²) in [7, 11) is 0. The van der Waals surface area contributed by atoms with E-state index in [1.165, 1.54) is 0 Å². The molecule has 0 aliphatic heterocycles. The molecule has 1 heterocycles. The molecule has 4 rings (SSSR count). The van der Waals surface area contributed by atoms with E-state index in [1.54, 1.807) is 36.4 Å². The van der Waals surface area contributed by atoms with Gasteiger partial charge in [-0.15, -0.1) is 0 Å². The predicted molar refractivity (Wildman–Crippen MR) is 129 cm³/mol. The van der Waals surface area contributed by atoms with Crippen LogP contribution in [-0.4, -0.2) is 35.3 Å². The summed E-state index contributed by atoms with van der Waals surface area (Å²) in [6, 6.07) is 12.6. The number of aryl methyl sites for hydroxylation is 1. The van der Waals surface area contributed by atoms with Gasteiger partial charge in [-0.05, 0) is 56.5 Å². The van der Waals surface area contributed by atoms with E-state index in [-0.39, 0.29) is 17.9 Å². The third kappa shape index (κ3) is 5.20. The van der Waals surface area contributed by atoms with Crippen LogP contribution in [0, 0.1) is 6.92 Å². The van der Waals surface area contributed by atoms with Crippen molar-refractivity contribution in [2.75, 3.05) is 11.9 Å². The Balaban J connectivity index is 1.60. The van der Waals surface area contributed by atoms with Gasteiger partial charge in [0.1, 0.15) is 4.88 Å². The fourth-order valence-corrected chi connectivity index (χ4v) is 4.14. The van der Waals surface area contributed by atoms with Gasteiger partial charge < -0.3 is 21.7 Å². The molecule has 2 aromatic carbocycles. The molecule has 3 amide bonds. The lowest BCUT2D eigenvalue weighted by molar-refractivity contribution is 0.0944. The zero-order valence-corrected chi connectivity index (χ0v) is 19.2. The number of nitrogens with zero attached hydrogens (tertiary/aromatic N) is 1. The Kier molecular flexibility index (Phi) is 6.41. The minimum Gasteiger partial charge on any atom is -0.365 e.